The number of benzene rings is 1. The monoisotopic (exact) mass is 271 g/mol. The molecule has 3 nitrogen and oxygen atoms in total. The fourth-order valence-corrected chi connectivity index (χ4v) is 1.58. The van der Waals surface area contributed by atoms with Crippen LogP contribution < -0.4 is 10.1 Å². The number of rotatable bonds is 4. The van der Waals surface area contributed by atoms with E-state index in [4.69, 9.17) is 4.74 Å². The highest BCUT2D eigenvalue weighted by atomic mass is 79.9. The number of carbonyl (C=O) groups is 1. The molecule has 0 aromatic heterocycles. The molecule has 15 heavy (non-hydrogen) atoms. The molecule has 1 aromatic carbocycles. The summed E-state index contributed by atoms with van der Waals surface area (Å²) in [7, 11) is 1.58. The highest BCUT2D eigenvalue weighted by Gasteiger charge is 2.06. The Morgan fingerprint density at radius 2 is 2.27 bits per heavy atom. The molecule has 0 saturated carbocycles. The van der Waals surface area contributed by atoms with Crippen LogP contribution in [-0.4, -0.2) is 13.0 Å². The van der Waals surface area contributed by atoms with Crippen molar-refractivity contribution in [2.45, 2.75) is 19.8 Å². The summed E-state index contributed by atoms with van der Waals surface area (Å²) in [6.45, 7) is 1.97. The summed E-state index contributed by atoms with van der Waals surface area (Å²) in [5.74, 6) is 0.677. The molecule has 0 fully saturated rings. The summed E-state index contributed by atoms with van der Waals surface area (Å²) in [5.41, 5.74) is 0.699. The van der Waals surface area contributed by atoms with Gasteiger partial charge in [0.2, 0.25) is 5.91 Å². The molecule has 82 valence electrons. The van der Waals surface area contributed by atoms with E-state index in [2.05, 4.69) is 21.2 Å². The van der Waals surface area contributed by atoms with E-state index in [-0.39, 0.29) is 5.91 Å². The van der Waals surface area contributed by atoms with Crippen molar-refractivity contribution in [1.29, 1.82) is 0 Å². The van der Waals surface area contributed by atoms with Gasteiger partial charge in [0.05, 0.1) is 12.8 Å². The maximum absolute atomic E-state index is 11.4. The molecule has 0 aliphatic carbocycles. The number of anilines is 1. The van der Waals surface area contributed by atoms with Crippen molar-refractivity contribution >= 4 is 27.5 Å². The zero-order valence-corrected chi connectivity index (χ0v) is 10.4. The standard InChI is InChI=1S/C11H14BrNO2/c1-3-4-11(14)13-9-7-8(12)5-6-10(9)15-2/h5-7H,3-4H2,1-2H3,(H,13,14). The number of nitrogens with one attached hydrogen (secondary N) is 1. The molecule has 4 heteroatoms. The summed E-state index contributed by atoms with van der Waals surface area (Å²) in [6.07, 6.45) is 1.36. The molecule has 0 radical (unpaired) electrons. The van der Waals surface area contributed by atoms with E-state index in [0.29, 0.717) is 17.9 Å². The van der Waals surface area contributed by atoms with Crippen LogP contribution >= 0.6 is 15.9 Å². The van der Waals surface area contributed by atoms with E-state index in [1.807, 2.05) is 25.1 Å². The van der Waals surface area contributed by atoms with Gasteiger partial charge in [0.25, 0.3) is 0 Å². The largest absolute Gasteiger partial charge is 0.495 e. The number of hydrogen-bond donors (Lipinski definition) is 1. The van der Waals surface area contributed by atoms with Crippen LogP contribution in [0.15, 0.2) is 22.7 Å². The first-order valence-corrected chi connectivity index (χ1v) is 5.60. The van der Waals surface area contributed by atoms with Gasteiger partial charge in [-0.25, -0.2) is 0 Å². The SMILES string of the molecule is CCCC(=O)Nc1cc(Br)ccc1OC. The quantitative estimate of drug-likeness (QED) is 0.914. The number of amides is 1. The fraction of sp³-hybridized carbons (Fsp3) is 0.364. The van der Waals surface area contributed by atoms with Crippen LogP contribution in [0, 0.1) is 0 Å². The van der Waals surface area contributed by atoms with Crippen LogP contribution in [0.3, 0.4) is 0 Å². The summed E-state index contributed by atoms with van der Waals surface area (Å²) in [4.78, 5) is 11.4. The molecule has 0 aliphatic rings. The van der Waals surface area contributed by atoms with Gasteiger partial charge in [0.15, 0.2) is 0 Å². The fourth-order valence-electron chi connectivity index (χ4n) is 1.22. The van der Waals surface area contributed by atoms with Crippen molar-refractivity contribution < 1.29 is 9.53 Å². The Morgan fingerprint density at radius 3 is 2.87 bits per heavy atom. The minimum absolute atomic E-state index is 0.00824. The number of ether oxygens (including phenoxy) is 1. The van der Waals surface area contributed by atoms with Gasteiger partial charge in [0, 0.05) is 10.9 Å². The molecule has 1 rings (SSSR count). The van der Waals surface area contributed by atoms with Gasteiger partial charge in [0.1, 0.15) is 5.75 Å². The minimum atomic E-state index is 0.00824. The van der Waals surface area contributed by atoms with E-state index in [1.165, 1.54) is 0 Å². The first kappa shape index (κ1) is 12.0. The molecular weight excluding hydrogens is 258 g/mol. The summed E-state index contributed by atoms with van der Waals surface area (Å²) in [5, 5.41) is 2.81. The lowest BCUT2D eigenvalue weighted by Gasteiger charge is -2.09. The molecule has 1 aromatic rings. The lowest BCUT2D eigenvalue weighted by atomic mass is 10.2. The van der Waals surface area contributed by atoms with Crippen LogP contribution in [-0.2, 0) is 4.79 Å². The van der Waals surface area contributed by atoms with Gasteiger partial charge in [-0.2, -0.15) is 0 Å². The average Bonchev–Trinajstić information content (AvgIpc) is 2.18. The third-order valence-electron chi connectivity index (χ3n) is 1.91. The van der Waals surface area contributed by atoms with E-state index in [0.717, 1.165) is 10.9 Å². The predicted octanol–water partition coefficient (Wildman–Crippen LogP) is 3.20. The summed E-state index contributed by atoms with van der Waals surface area (Å²) < 4.78 is 6.06. The number of carbonyl (C=O) groups excluding carboxylic acids is 1. The van der Waals surface area contributed by atoms with Gasteiger partial charge in [-0.05, 0) is 24.6 Å². The topological polar surface area (TPSA) is 38.3 Å². The number of methoxy groups -OCH3 is 1. The van der Waals surface area contributed by atoms with E-state index >= 15 is 0 Å². The Labute approximate surface area is 97.9 Å². The van der Waals surface area contributed by atoms with E-state index in [9.17, 15) is 4.79 Å². The average molecular weight is 272 g/mol. The van der Waals surface area contributed by atoms with Gasteiger partial charge in [-0.3, -0.25) is 4.79 Å². The molecule has 0 bridgehead atoms. The second-order valence-corrected chi connectivity index (χ2v) is 4.06. The third kappa shape index (κ3) is 3.55. The van der Waals surface area contributed by atoms with Crippen molar-refractivity contribution in [2.24, 2.45) is 0 Å². The van der Waals surface area contributed by atoms with Crippen molar-refractivity contribution in [3.05, 3.63) is 22.7 Å². The molecule has 0 spiro atoms. The molecule has 1 N–H and O–H groups in total. The second kappa shape index (κ2) is 5.75. The Bertz CT molecular complexity index is 352. The molecule has 0 unspecified atom stereocenters. The van der Waals surface area contributed by atoms with Gasteiger partial charge < -0.3 is 10.1 Å². The Balaban J connectivity index is 2.82. The lowest BCUT2D eigenvalue weighted by Crippen LogP contribution is -2.11. The van der Waals surface area contributed by atoms with E-state index < -0.39 is 0 Å². The summed E-state index contributed by atoms with van der Waals surface area (Å²) >= 11 is 3.35. The Hall–Kier alpha value is -1.03. The minimum Gasteiger partial charge on any atom is -0.495 e. The Kier molecular flexibility index (Phi) is 4.62. The zero-order valence-electron chi connectivity index (χ0n) is 8.84. The third-order valence-corrected chi connectivity index (χ3v) is 2.41. The zero-order chi connectivity index (χ0) is 11.3. The maximum atomic E-state index is 11.4. The van der Waals surface area contributed by atoms with Crippen LogP contribution in [0.25, 0.3) is 0 Å². The predicted molar refractivity (Wildman–Crippen MR) is 64.2 cm³/mol. The molecule has 0 heterocycles. The van der Waals surface area contributed by atoms with Crippen LogP contribution in [0.2, 0.25) is 0 Å². The van der Waals surface area contributed by atoms with Crippen molar-refractivity contribution in [3.8, 4) is 5.75 Å². The first-order chi connectivity index (χ1) is 7.17. The van der Waals surface area contributed by atoms with Gasteiger partial charge in [-0.1, -0.05) is 22.9 Å². The Morgan fingerprint density at radius 1 is 1.53 bits per heavy atom. The van der Waals surface area contributed by atoms with Crippen LogP contribution in [0.4, 0.5) is 5.69 Å². The molecule has 1 amide bonds. The van der Waals surface area contributed by atoms with Crippen molar-refractivity contribution in [1.82, 2.24) is 0 Å². The maximum Gasteiger partial charge on any atom is 0.224 e. The molecule has 0 aliphatic heterocycles. The first-order valence-electron chi connectivity index (χ1n) is 4.80. The lowest BCUT2D eigenvalue weighted by molar-refractivity contribution is -0.116. The van der Waals surface area contributed by atoms with Crippen LogP contribution in [0.1, 0.15) is 19.8 Å². The number of hydrogen-bond acceptors (Lipinski definition) is 2. The second-order valence-electron chi connectivity index (χ2n) is 3.14. The van der Waals surface area contributed by atoms with Crippen LogP contribution in [0.5, 0.6) is 5.75 Å². The summed E-state index contributed by atoms with van der Waals surface area (Å²) in [6, 6.07) is 5.51. The van der Waals surface area contributed by atoms with Gasteiger partial charge in [-0.15, -0.1) is 0 Å². The highest BCUT2D eigenvalue weighted by molar-refractivity contribution is 9.10. The normalized spacial score (nSPS) is 9.80. The molecule has 0 atom stereocenters. The van der Waals surface area contributed by atoms with Crippen molar-refractivity contribution in [3.63, 3.8) is 0 Å². The highest BCUT2D eigenvalue weighted by Crippen LogP contribution is 2.27. The smallest absolute Gasteiger partial charge is 0.224 e. The van der Waals surface area contributed by atoms with Gasteiger partial charge >= 0.3 is 0 Å². The van der Waals surface area contributed by atoms with Crippen molar-refractivity contribution in [2.75, 3.05) is 12.4 Å². The molecular formula is C11H14BrNO2. The van der Waals surface area contributed by atoms with E-state index in [1.54, 1.807) is 7.11 Å². The number of halogens is 1. The molecule has 0 saturated heterocycles.